The van der Waals surface area contributed by atoms with Crippen LogP contribution >= 0.6 is 11.3 Å². The Labute approximate surface area is 244 Å². The molecule has 5 aromatic rings. The number of ether oxygens (including phenoxy) is 2. The summed E-state index contributed by atoms with van der Waals surface area (Å²) in [6, 6.07) is 11.2. The largest absolute Gasteiger partial charge is 0.464 e. The number of aromatic nitrogens is 5. The lowest BCUT2D eigenvalue weighted by Crippen LogP contribution is -2.36. The molecule has 0 aliphatic carbocycles. The number of amides is 1. The predicted octanol–water partition coefficient (Wildman–Crippen LogP) is 3.15. The summed E-state index contributed by atoms with van der Waals surface area (Å²) >= 11 is 1.60. The van der Waals surface area contributed by atoms with E-state index in [1.165, 1.54) is 13.1 Å². The van der Waals surface area contributed by atoms with E-state index in [2.05, 4.69) is 26.1 Å². The molecule has 5 heterocycles. The standard InChI is InChI=1S/C28H28N8O5S/c1-17(37)41-12-9-36(24-6-5-18(14-29-24)28(38)34-39)16-19-13-23-25(42-19)27(35-7-10-40-11-8-35)32-26(31-23)20-3-2-4-22-21(20)15-30-33-22/h2-6,13-15,39H,7-12,16H2,1H3,(H,30,33)(H,34,38). The molecule has 216 valence electrons. The van der Waals surface area contributed by atoms with Crippen molar-refractivity contribution in [1.29, 1.82) is 0 Å². The number of thiophene rings is 1. The van der Waals surface area contributed by atoms with Crippen LogP contribution in [0.1, 0.15) is 22.2 Å². The first kappa shape index (κ1) is 27.5. The lowest BCUT2D eigenvalue weighted by atomic mass is 10.1. The summed E-state index contributed by atoms with van der Waals surface area (Å²) in [7, 11) is 0. The average Bonchev–Trinajstić information content (AvgIpc) is 3.67. The highest BCUT2D eigenvalue weighted by Crippen LogP contribution is 2.36. The summed E-state index contributed by atoms with van der Waals surface area (Å²) in [6.07, 6.45) is 3.17. The van der Waals surface area contributed by atoms with Crippen molar-refractivity contribution < 1.29 is 24.3 Å². The van der Waals surface area contributed by atoms with Crippen LogP contribution in [0.4, 0.5) is 11.6 Å². The number of aromatic amines is 1. The zero-order chi connectivity index (χ0) is 29.1. The Morgan fingerprint density at radius 1 is 1.19 bits per heavy atom. The van der Waals surface area contributed by atoms with Gasteiger partial charge in [0.25, 0.3) is 5.91 Å². The highest BCUT2D eigenvalue weighted by atomic mass is 32.1. The van der Waals surface area contributed by atoms with E-state index in [0.29, 0.717) is 37.9 Å². The van der Waals surface area contributed by atoms with Gasteiger partial charge in [-0.3, -0.25) is 19.9 Å². The fourth-order valence-corrected chi connectivity index (χ4v) is 5.98. The fraction of sp³-hybridized carbons (Fsp3) is 0.286. The minimum Gasteiger partial charge on any atom is -0.464 e. The van der Waals surface area contributed by atoms with Gasteiger partial charge in [-0.25, -0.2) is 20.4 Å². The minimum atomic E-state index is -0.652. The van der Waals surface area contributed by atoms with Crippen molar-refractivity contribution in [2.75, 3.05) is 49.3 Å². The number of hydrogen-bond acceptors (Lipinski definition) is 12. The molecular formula is C28H28N8O5S. The molecule has 0 bridgehead atoms. The van der Waals surface area contributed by atoms with Crippen molar-refractivity contribution in [3.05, 3.63) is 59.2 Å². The number of morpholine rings is 1. The van der Waals surface area contributed by atoms with Gasteiger partial charge < -0.3 is 19.3 Å². The summed E-state index contributed by atoms with van der Waals surface area (Å²) in [6.45, 7) is 5.05. The number of rotatable bonds is 9. The van der Waals surface area contributed by atoms with E-state index in [9.17, 15) is 9.59 Å². The van der Waals surface area contributed by atoms with E-state index in [4.69, 9.17) is 24.6 Å². The number of benzene rings is 1. The van der Waals surface area contributed by atoms with E-state index in [0.717, 1.165) is 50.5 Å². The molecule has 4 aromatic heterocycles. The van der Waals surface area contributed by atoms with Crippen molar-refractivity contribution in [2.24, 2.45) is 0 Å². The van der Waals surface area contributed by atoms with Crippen molar-refractivity contribution in [1.82, 2.24) is 30.6 Å². The SMILES string of the molecule is CC(=O)OCCN(Cc1cc2nc(-c3cccc4[nH]ncc34)nc(N3CCOCC3)c2s1)c1ccc(C(=O)NO)cn1. The second kappa shape index (κ2) is 12.1. The highest BCUT2D eigenvalue weighted by molar-refractivity contribution is 7.19. The number of nitrogens with zero attached hydrogens (tertiary/aromatic N) is 6. The van der Waals surface area contributed by atoms with Gasteiger partial charge in [0.2, 0.25) is 0 Å². The van der Waals surface area contributed by atoms with E-state index < -0.39 is 5.91 Å². The van der Waals surface area contributed by atoms with Gasteiger partial charge in [-0.05, 0) is 24.3 Å². The molecule has 0 spiro atoms. The van der Waals surface area contributed by atoms with Crippen LogP contribution in [0.5, 0.6) is 0 Å². The zero-order valence-electron chi connectivity index (χ0n) is 22.7. The Morgan fingerprint density at radius 2 is 2.05 bits per heavy atom. The van der Waals surface area contributed by atoms with Crippen LogP contribution < -0.4 is 15.3 Å². The van der Waals surface area contributed by atoms with Crippen LogP contribution in [0.15, 0.2) is 48.8 Å². The van der Waals surface area contributed by atoms with Crippen LogP contribution in [0.25, 0.3) is 32.5 Å². The Bertz CT molecular complexity index is 1730. The smallest absolute Gasteiger partial charge is 0.302 e. The molecule has 1 fully saturated rings. The average molecular weight is 589 g/mol. The van der Waals surface area contributed by atoms with Gasteiger partial charge in [-0.2, -0.15) is 5.10 Å². The quantitative estimate of drug-likeness (QED) is 0.132. The number of carbonyl (C=O) groups is 2. The van der Waals surface area contributed by atoms with Gasteiger partial charge in [0.1, 0.15) is 12.4 Å². The number of esters is 1. The van der Waals surface area contributed by atoms with Crippen molar-refractivity contribution in [3.8, 4) is 11.4 Å². The number of pyridine rings is 1. The first-order valence-electron chi connectivity index (χ1n) is 13.3. The second-order valence-electron chi connectivity index (χ2n) is 9.64. The molecule has 1 saturated heterocycles. The molecule has 0 atom stereocenters. The Balaban J connectivity index is 1.38. The van der Waals surface area contributed by atoms with Crippen LogP contribution in [0.3, 0.4) is 0 Å². The predicted molar refractivity (Wildman–Crippen MR) is 157 cm³/mol. The fourth-order valence-electron chi connectivity index (χ4n) is 4.85. The lowest BCUT2D eigenvalue weighted by Gasteiger charge is -2.28. The molecule has 1 aromatic carbocycles. The van der Waals surface area contributed by atoms with Gasteiger partial charge in [-0.1, -0.05) is 12.1 Å². The van der Waals surface area contributed by atoms with E-state index >= 15 is 0 Å². The Kier molecular flexibility index (Phi) is 7.90. The summed E-state index contributed by atoms with van der Waals surface area (Å²) < 4.78 is 11.8. The molecule has 3 N–H and O–H groups in total. The first-order chi connectivity index (χ1) is 20.5. The molecule has 0 unspecified atom stereocenters. The van der Waals surface area contributed by atoms with E-state index in [1.807, 2.05) is 23.1 Å². The molecule has 1 aliphatic heterocycles. The van der Waals surface area contributed by atoms with Crippen molar-refractivity contribution >= 4 is 56.0 Å². The first-order valence-corrected chi connectivity index (χ1v) is 14.2. The molecule has 1 aliphatic rings. The molecule has 13 nitrogen and oxygen atoms in total. The molecular weight excluding hydrogens is 560 g/mol. The number of hydroxylamine groups is 1. The third-order valence-electron chi connectivity index (χ3n) is 6.89. The summed E-state index contributed by atoms with van der Waals surface area (Å²) in [5, 5.41) is 17.1. The number of nitrogens with one attached hydrogen (secondary N) is 2. The van der Waals surface area contributed by atoms with Gasteiger partial charge in [0.05, 0.1) is 53.8 Å². The van der Waals surface area contributed by atoms with Gasteiger partial charge in [-0.15, -0.1) is 11.3 Å². The topological polar surface area (TPSA) is 159 Å². The van der Waals surface area contributed by atoms with Crippen LogP contribution in [0, 0.1) is 0 Å². The van der Waals surface area contributed by atoms with Crippen molar-refractivity contribution in [3.63, 3.8) is 0 Å². The number of hydrogen-bond donors (Lipinski definition) is 3. The van der Waals surface area contributed by atoms with E-state index in [1.54, 1.807) is 35.1 Å². The number of carbonyl (C=O) groups excluding carboxylic acids is 2. The summed E-state index contributed by atoms with van der Waals surface area (Å²) in [4.78, 5) is 42.9. The minimum absolute atomic E-state index is 0.165. The zero-order valence-corrected chi connectivity index (χ0v) is 23.6. The van der Waals surface area contributed by atoms with Crippen LogP contribution in [-0.4, -0.2) is 81.7 Å². The number of anilines is 2. The lowest BCUT2D eigenvalue weighted by molar-refractivity contribution is -0.140. The van der Waals surface area contributed by atoms with Gasteiger partial charge >= 0.3 is 5.97 Å². The maximum absolute atomic E-state index is 11.8. The van der Waals surface area contributed by atoms with E-state index in [-0.39, 0.29) is 18.1 Å². The van der Waals surface area contributed by atoms with Crippen LogP contribution in [-0.2, 0) is 20.8 Å². The monoisotopic (exact) mass is 588 g/mol. The normalized spacial score (nSPS) is 13.4. The second-order valence-corrected chi connectivity index (χ2v) is 10.8. The molecule has 6 rings (SSSR count). The van der Waals surface area contributed by atoms with Crippen molar-refractivity contribution in [2.45, 2.75) is 13.5 Å². The Morgan fingerprint density at radius 3 is 2.81 bits per heavy atom. The molecule has 1 amide bonds. The molecule has 0 radical (unpaired) electrons. The maximum Gasteiger partial charge on any atom is 0.302 e. The molecule has 0 saturated carbocycles. The third kappa shape index (κ3) is 5.72. The number of H-pyrrole nitrogens is 1. The maximum atomic E-state index is 11.8. The number of fused-ring (bicyclic) bond motifs is 2. The summed E-state index contributed by atoms with van der Waals surface area (Å²) in [5.41, 5.74) is 4.45. The summed E-state index contributed by atoms with van der Waals surface area (Å²) in [5.74, 6) is 1.04. The van der Waals surface area contributed by atoms with Crippen LogP contribution in [0.2, 0.25) is 0 Å². The molecule has 42 heavy (non-hydrogen) atoms. The highest BCUT2D eigenvalue weighted by Gasteiger charge is 2.22. The third-order valence-corrected chi connectivity index (χ3v) is 7.99. The molecule has 14 heteroatoms. The van der Waals surface area contributed by atoms with Gasteiger partial charge in [0.15, 0.2) is 11.6 Å². The van der Waals surface area contributed by atoms with Gasteiger partial charge in [0, 0.05) is 42.0 Å². The Hall–Kier alpha value is -4.66.